The van der Waals surface area contributed by atoms with E-state index in [0.29, 0.717) is 6.04 Å². The summed E-state index contributed by atoms with van der Waals surface area (Å²) in [6, 6.07) is 0.557. The lowest BCUT2D eigenvalue weighted by Crippen LogP contribution is -2.33. The van der Waals surface area contributed by atoms with E-state index in [4.69, 9.17) is 0 Å². The SMILES string of the molecule is CCCn1c(SCC(NCC)C2CC2)n[nH]c1=O. The Morgan fingerprint density at radius 2 is 2.33 bits per heavy atom. The number of hydrogen-bond acceptors (Lipinski definition) is 4. The van der Waals surface area contributed by atoms with Gasteiger partial charge < -0.3 is 5.32 Å². The highest BCUT2D eigenvalue weighted by Crippen LogP contribution is 2.34. The molecular weight excluding hydrogens is 248 g/mol. The molecule has 1 atom stereocenters. The lowest BCUT2D eigenvalue weighted by molar-refractivity contribution is 0.518. The van der Waals surface area contributed by atoms with Crippen molar-refractivity contribution < 1.29 is 0 Å². The molecule has 0 radical (unpaired) electrons. The Hall–Kier alpha value is -0.750. The maximum Gasteiger partial charge on any atom is 0.343 e. The summed E-state index contributed by atoms with van der Waals surface area (Å²) in [6.07, 6.45) is 3.62. The van der Waals surface area contributed by atoms with Gasteiger partial charge in [-0.1, -0.05) is 25.6 Å². The molecule has 0 saturated heterocycles. The van der Waals surface area contributed by atoms with E-state index in [1.165, 1.54) is 12.8 Å². The Morgan fingerprint density at radius 3 is 2.94 bits per heavy atom. The van der Waals surface area contributed by atoms with Gasteiger partial charge in [-0.3, -0.25) is 4.57 Å². The molecule has 0 amide bonds. The zero-order valence-corrected chi connectivity index (χ0v) is 11.9. The summed E-state index contributed by atoms with van der Waals surface area (Å²) < 4.78 is 1.74. The van der Waals surface area contributed by atoms with Crippen LogP contribution in [0, 0.1) is 5.92 Å². The van der Waals surface area contributed by atoms with Gasteiger partial charge in [-0.15, -0.1) is 5.10 Å². The van der Waals surface area contributed by atoms with Gasteiger partial charge in [0.25, 0.3) is 0 Å². The fourth-order valence-corrected chi connectivity index (χ4v) is 3.28. The lowest BCUT2D eigenvalue weighted by Gasteiger charge is -2.16. The van der Waals surface area contributed by atoms with Crippen molar-refractivity contribution in [2.75, 3.05) is 12.3 Å². The van der Waals surface area contributed by atoms with Gasteiger partial charge in [0.2, 0.25) is 0 Å². The third-order valence-corrected chi connectivity index (χ3v) is 4.32. The summed E-state index contributed by atoms with van der Waals surface area (Å²) in [7, 11) is 0. The Kier molecular flexibility index (Phi) is 4.88. The topological polar surface area (TPSA) is 62.7 Å². The number of nitrogens with zero attached hydrogens (tertiary/aromatic N) is 2. The largest absolute Gasteiger partial charge is 0.343 e. The molecule has 2 rings (SSSR count). The van der Waals surface area contributed by atoms with Crippen LogP contribution in [0.2, 0.25) is 0 Å². The predicted molar refractivity (Wildman–Crippen MR) is 74.1 cm³/mol. The van der Waals surface area contributed by atoms with Crippen molar-refractivity contribution in [3.63, 3.8) is 0 Å². The molecule has 1 saturated carbocycles. The molecule has 0 spiro atoms. The standard InChI is InChI=1S/C12H22N4OS/c1-3-7-16-11(17)14-15-12(16)18-8-10(13-4-2)9-5-6-9/h9-10,13H,3-8H2,1-2H3,(H,14,17). The highest BCUT2D eigenvalue weighted by molar-refractivity contribution is 7.99. The molecular formula is C12H22N4OS. The molecule has 0 aromatic carbocycles. The van der Waals surface area contributed by atoms with Crippen molar-refractivity contribution >= 4 is 11.8 Å². The number of H-pyrrole nitrogens is 1. The second kappa shape index (κ2) is 6.43. The van der Waals surface area contributed by atoms with Crippen molar-refractivity contribution in [3.8, 4) is 0 Å². The second-order valence-corrected chi connectivity index (χ2v) is 5.76. The van der Waals surface area contributed by atoms with Crippen molar-refractivity contribution in [2.24, 2.45) is 5.92 Å². The summed E-state index contributed by atoms with van der Waals surface area (Å²) in [5, 5.41) is 11.0. The van der Waals surface area contributed by atoms with Crippen LogP contribution in [0.15, 0.2) is 9.95 Å². The molecule has 0 bridgehead atoms. The monoisotopic (exact) mass is 270 g/mol. The smallest absolute Gasteiger partial charge is 0.313 e. The molecule has 2 N–H and O–H groups in total. The van der Waals surface area contributed by atoms with Gasteiger partial charge in [-0.05, 0) is 31.7 Å². The average Bonchev–Trinajstić information content (AvgIpc) is 3.14. The zero-order valence-electron chi connectivity index (χ0n) is 11.1. The summed E-state index contributed by atoms with van der Waals surface area (Å²) in [5.41, 5.74) is -0.0919. The number of aromatic nitrogens is 3. The first-order valence-electron chi connectivity index (χ1n) is 6.77. The Labute approximate surface area is 112 Å². The van der Waals surface area contributed by atoms with Crippen LogP contribution in [0.5, 0.6) is 0 Å². The van der Waals surface area contributed by atoms with Crippen LogP contribution in [0.4, 0.5) is 0 Å². The molecule has 1 heterocycles. The molecule has 18 heavy (non-hydrogen) atoms. The Morgan fingerprint density at radius 1 is 1.56 bits per heavy atom. The number of thioether (sulfide) groups is 1. The number of rotatable bonds is 8. The Balaban J connectivity index is 1.94. The maximum absolute atomic E-state index is 11.6. The minimum absolute atomic E-state index is 0.0919. The third-order valence-electron chi connectivity index (χ3n) is 3.22. The first-order chi connectivity index (χ1) is 8.76. The van der Waals surface area contributed by atoms with Gasteiger partial charge in [-0.25, -0.2) is 9.89 Å². The van der Waals surface area contributed by atoms with Gasteiger partial charge in [0.05, 0.1) is 0 Å². The van der Waals surface area contributed by atoms with Crippen LogP contribution in [0.3, 0.4) is 0 Å². The van der Waals surface area contributed by atoms with Crippen LogP contribution in [0.1, 0.15) is 33.1 Å². The van der Waals surface area contributed by atoms with E-state index >= 15 is 0 Å². The molecule has 1 aromatic heterocycles. The van der Waals surface area contributed by atoms with Crippen LogP contribution >= 0.6 is 11.8 Å². The number of aromatic amines is 1. The fraction of sp³-hybridized carbons (Fsp3) is 0.833. The summed E-state index contributed by atoms with van der Waals surface area (Å²) in [4.78, 5) is 11.6. The average molecular weight is 270 g/mol. The highest BCUT2D eigenvalue weighted by atomic mass is 32.2. The molecule has 0 aliphatic heterocycles. The molecule has 6 heteroatoms. The zero-order chi connectivity index (χ0) is 13.0. The molecule has 102 valence electrons. The van der Waals surface area contributed by atoms with Gasteiger partial charge in [0, 0.05) is 18.3 Å². The first-order valence-corrected chi connectivity index (χ1v) is 7.76. The van der Waals surface area contributed by atoms with Gasteiger partial charge in [0.1, 0.15) is 0 Å². The molecule has 1 aliphatic carbocycles. The van der Waals surface area contributed by atoms with E-state index in [1.807, 2.05) is 0 Å². The highest BCUT2D eigenvalue weighted by Gasteiger charge is 2.30. The van der Waals surface area contributed by atoms with Gasteiger partial charge in [0.15, 0.2) is 5.16 Å². The van der Waals surface area contributed by atoms with E-state index < -0.39 is 0 Å². The predicted octanol–water partition coefficient (Wildman–Crippen LogP) is 1.46. The van der Waals surface area contributed by atoms with E-state index in [2.05, 4.69) is 29.4 Å². The second-order valence-electron chi connectivity index (χ2n) is 4.78. The maximum atomic E-state index is 11.6. The number of hydrogen-bond donors (Lipinski definition) is 2. The summed E-state index contributed by atoms with van der Waals surface area (Å²) in [6.45, 7) is 5.96. The van der Waals surface area contributed by atoms with Gasteiger partial charge >= 0.3 is 5.69 Å². The van der Waals surface area contributed by atoms with Crippen LogP contribution < -0.4 is 11.0 Å². The van der Waals surface area contributed by atoms with E-state index in [-0.39, 0.29) is 5.69 Å². The van der Waals surface area contributed by atoms with Crippen molar-refractivity contribution in [3.05, 3.63) is 10.5 Å². The van der Waals surface area contributed by atoms with Crippen molar-refractivity contribution in [2.45, 2.75) is 50.9 Å². The third kappa shape index (κ3) is 3.38. The Bertz CT molecular complexity index is 424. The van der Waals surface area contributed by atoms with E-state index in [1.54, 1.807) is 16.3 Å². The number of nitrogens with one attached hydrogen (secondary N) is 2. The summed E-state index contributed by atoms with van der Waals surface area (Å²) >= 11 is 1.68. The van der Waals surface area contributed by atoms with Crippen molar-refractivity contribution in [1.29, 1.82) is 0 Å². The van der Waals surface area contributed by atoms with Gasteiger partial charge in [-0.2, -0.15) is 0 Å². The summed E-state index contributed by atoms with van der Waals surface area (Å²) in [5.74, 6) is 1.81. The fourth-order valence-electron chi connectivity index (χ4n) is 2.12. The molecule has 1 aromatic rings. The molecule has 1 fully saturated rings. The van der Waals surface area contributed by atoms with E-state index in [9.17, 15) is 4.79 Å². The molecule has 1 unspecified atom stereocenters. The van der Waals surface area contributed by atoms with Crippen LogP contribution in [-0.2, 0) is 6.54 Å². The minimum Gasteiger partial charge on any atom is -0.313 e. The minimum atomic E-state index is -0.0919. The normalized spacial score (nSPS) is 17.0. The van der Waals surface area contributed by atoms with Crippen LogP contribution in [-0.4, -0.2) is 33.1 Å². The van der Waals surface area contributed by atoms with Crippen molar-refractivity contribution in [1.82, 2.24) is 20.1 Å². The lowest BCUT2D eigenvalue weighted by atomic mass is 10.2. The molecule has 5 nitrogen and oxygen atoms in total. The van der Waals surface area contributed by atoms with Crippen LogP contribution in [0.25, 0.3) is 0 Å². The quantitative estimate of drug-likeness (QED) is 0.702. The first kappa shape index (κ1) is 13.7. The molecule has 1 aliphatic rings. The van der Waals surface area contributed by atoms with E-state index in [0.717, 1.165) is 36.3 Å².